The van der Waals surface area contributed by atoms with Gasteiger partial charge in [-0.15, -0.1) is 0 Å². The van der Waals surface area contributed by atoms with Gasteiger partial charge >= 0.3 is 5.97 Å². The number of esters is 1. The molecule has 3 heteroatoms. The molecule has 2 atom stereocenters. The predicted molar refractivity (Wildman–Crippen MR) is 71.5 cm³/mol. The van der Waals surface area contributed by atoms with Crippen LogP contribution in [0.25, 0.3) is 0 Å². The molecular weight excluding hydrogens is 228 g/mol. The lowest BCUT2D eigenvalue weighted by Crippen LogP contribution is -2.22. The molecule has 1 aromatic carbocycles. The second kappa shape index (κ2) is 7.88. The predicted octanol–water partition coefficient (Wildman–Crippen LogP) is 3.15. The summed E-state index contributed by atoms with van der Waals surface area (Å²) in [6.07, 6.45) is 0.695. The maximum absolute atomic E-state index is 12.0. The molecule has 0 aromatic heterocycles. The first-order valence-corrected chi connectivity index (χ1v) is 6.52. The zero-order chi connectivity index (χ0) is 13.4. The quantitative estimate of drug-likeness (QED) is 0.697. The normalized spacial score (nSPS) is 13.9. The van der Waals surface area contributed by atoms with E-state index in [1.54, 1.807) is 0 Å². The summed E-state index contributed by atoms with van der Waals surface area (Å²) in [4.78, 5) is 12.0. The van der Waals surface area contributed by atoms with Crippen LogP contribution in [-0.4, -0.2) is 25.3 Å². The van der Waals surface area contributed by atoms with Gasteiger partial charge in [-0.05, 0) is 32.8 Å². The minimum Gasteiger partial charge on any atom is -0.466 e. The van der Waals surface area contributed by atoms with Crippen LogP contribution in [0.2, 0.25) is 0 Å². The molecule has 0 radical (unpaired) electrons. The first kappa shape index (κ1) is 14.7. The summed E-state index contributed by atoms with van der Waals surface area (Å²) in [7, 11) is 0. The van der Waals surface area contributed by atoms with Gasteiger partial charge in [0.1, 0.15) is 0 Å². The van der Waals surface area contributed by atoms with Crippen molar-refractivity contribution in [1.82, 2.24) is 0 Å². The molecule has 0 bridgehead atoms. The number of carbonyl (C=O) groups is 1. The molecule has 100 valence electrons. The smallest absolute Gasteiger partial charge is 0.313 e. The Morgan fingerprint density at radius 1 is 1.17 bits per heavy atom. The second-order valence-electron chi connectivity index (χ2n) is 4.22. The van der Waals surface area contributed by atoms with Crippen LogP contribution in [0.3, 0.4) is 0 Å². The highest BCUT2D eigenvalue weighted by atomic mass is 16.5. The zero-order valence-electron chi connectivity index (χ0n) is 11.4. The molecule has 0 spiro atoms. The second-order valence-corrected chi connectivity index (χ2v) is 4.22. The van der Waals surface area contributed by atoms with Gasteiger partial charge in [-0.2, -0.15) is 0 Å². The largest absolute Gasteiger partial charge is 0.466 e. The standard InChI is InChI=1S/C15H22O3/c1-4-17-12(3)11-14(15(16)18-5-2)13-9-7-6-8-10-13/h6-10,12,14H,4-5,11H2,1-3H3. The van der Waals surface area contributed by atoms with Gasteiger partial charge in [0.15, 0.2) is 0 Å². The van der Waals surface area contributed by atoms with E-state index in [9.17, 15) is 4.79 Å². The third kappa shape index (κ3) is 4.49. The molecule has 3 nitrogen and oxygen atoms in total. The third-order valence-corrected chi connectivity index (χ3v) is 2.79. The van der Waals surface area contributed by atoms with Gasteiger partial charge in [-0.25, -0.2) is 0 Å². The summed E-state index contributed by atoms with van der Waals surface area (Å²) in [5.74, 6) is -0.414. The Labute approximate surface area is 109 Å². The first-order chi connectivity index (χ1) is 8.69. The average Bonchev–Trinajstić information content (AvgIpc) is 2.37. The van der Waals surface area contributed by atoms with Crippen LogP contribution in [0.1, 0.15) is 38.7 Å². The van der Waals surface area contributed by atoms with E-state index in [-0.39, 0.29) is 18.0 Å². The van der Waals surface area contributed by atoms with E-state index in [0.717, 1.165) is 5.56 Å². The first-order valence-electron chi connectivity index (χ1n) is 6.52. The highest BCUT2D eigenvalue weighted by molar-refractivity contribution is 5.78. The van der Waals surface area contributed by atoms with Crippen molar-refractivity contribution < 1.29 is 14.3 Å². The lowest BCUT2D eigenvalue weighted by atomic mass is 9.93. The van der Waals surface area contributed by atoms with Crippen LogP contribution >= 0.6 is 0 Å². The maximum Gasteiger partial charge on any atom is 0.313 e. The van der Waals surface area contributed by atoms with Crippen molar-refractivity contribution in [2.45, 2.75) is 39.2 Å². The van der Waals surface area contributed by atoms with E-state index < -0.39 is 0 Å². The van der Waals surface area contributed by atoms with E-state index in [1.807, 2.05) is 51.1 Å². The van der Waals surface area contributed by atoms with E-state index in [4.69, 9.17) is 9.47 Å². The van der Waals surface area contributed by atoms with Gasteiger partial charge in [0.2, 0.25) is 0 Å². The molecule has 0 aliphatic carbocycles. The van der Waals surface area contributed by atoms with Crippen molar-refractivity contribution in [2.75, 3.05) is 13.2 Å². The van der Waals surface area contributed by atoms with Gasteiger partial charge in [0.25, 0.3) is 0 Å². The third-order valence-electron chi connectivity index (χ3n) is 2.79. The lowest BCUT2D eigenvalue weighted by molar-refractivity contribution is -0.146. The summed E-state index contributed by atoms with van der Waals surface area (Å²) in [6.45, 7) is 6.83. The molecule has 18 heavy (non-hydrogen) atoms. The summed E-state index contributed by atoms with van der Waals surface area (Å²) >= 11 is 0. The van der Waals surface area contributed by atoms with Crippen molar-refractivity contribution in [3.05, 3.63) is 35.9 Å². The highest BCUT2D eigenvalue weighted by Crippen LogP contribution is 2.24. The Kier molecular flexibility index (Phi) is 6.44. The van der Waals surface area contributed by atoms with Crippen molar-refractivity contribution in [3.63, 3.8) is 0 Å². The van der Waals surface area contributed by atoms with Crippen LogP contribution < -0.4 is 0 Å². The molecule has 0 fully saturated rings. The topological polar surface area (TPSA) is 35.5 Å². The maximum atomic E-state index is 12.0. The number of ether oxygens (including phenoxy) is 2. The van der Waals surface area contributed by atoms with E-state index >= 15 is 0 Å². The summed E-state index contributed by atoms with van der Waals surface area (Å²) in [5.41, 5.74) is 0.988. The van der Waals surface area contributed by atoms with Gasteiger partial charge in [0, 0.05) is 6.61 Å². The van der Waals surface area contributed by atoms with E-state index in [1.165, 1.54) is 0 Å². The minimum atomic E-state index is -0.243. The monoisotopic (exact) mass is 250 g/mol. The molecule has 0 amide bonds. The van der Waals surface area contributed by atoms with Gasteiger partial charge in [-0.3, -0.25) is 4.79 Å². The van der Waals surface area contributed by atoms with Crippen LogP contribution in [-0.2, 0) is 14.3 Å². The molecule has 0 N–H and O–H groups in total. The van der Waals surface area contributed by atoms with Crippen molar-refractivity contribution in [2.24, 2.45) is 0 Å². The van der Waals surface area contributed by atoms with Crippen LogP contribution in [0, 0.1) is 0 Å². The number of hydrogen-bond donors (Lipinski definition) is 0. The van der Waals surface area contributed by atoms with Crippen LogP contribution in [0.15, 0.2) is 30.3 Å². The molecule has 0 heterocycles. The van der Waals surface area contributed by atoms with Gasteiger partial charge in [-0.1, -0.05) is 30.3 Å². The SMILES string of the molecule is CCOC(=O)C(CC(C)OCC)c1ccccc1. The van der Waals surface area contributed by atoms with Gasteiger partial charge < -0.3 is 9.47 Å². The van der Waals surface area contributed by atoms with Crippen molar-refractivity contribution in [3.8, 4) is 0 Å². The average molecular weight is 250 g/mol. The fraction of sp³-hybridized carbons (Fsp3) is 0.533. The minimum absolute atomic E-state index is 0.0459. The summed E-state index contributed by atoms with van der Waals surface area (Å²) in [6, 6.07) is 9.73. The Balaban J connectivity index is 2.78. The molecule has 0 saturated heterocycles. The number of hydrogen-bond acceptors (Lipinski definition) is 3. The molecule has 0 aliphatic heterocycles. The molecule has 0 aliphatic rings. The Hall–Kier alpha value is -1.35. The zero-order valence-corrected chi connectivity index (χ0v) is 11.4. The van der Waals surface area contributed by atoms with Crippen LogP contribution in [0.5, 0.6) is 0 Å². The lowest BCUT2D eigenvalue weighted by Gasteiger charge is -2.20. The van der Waals surface area contributed by atoms with Gasteiger partial charge in [0.05, 0.1) is 18.6 Å². The Morgan fingerprint density at radius 2 is 1.83 bits per heavy atom. The summed E-state index contributed by atoms with van der Waals surface area (Å²) in [5, 5.41) is 0. The number of rotatable bonds is 7. The molecule has 1 aromatic rings. The molecular formula is C15H22O3. The van der Waals surface area contributed by atoms with E-state index in [2.05, 4.69) is 0 Å². The van der Waals surface area contributed by atoms with Crippen molar-refractivity contribution in [1.29, 1.82) is 0 Å². The van der Waals surface area contributed by atoms with Crippen molar-refractivity contribution >= 4 is 5.97 Å². The molecule has 1 rings (SSSR count). The Bertz CT molecular complexity index is 348. The molecule has 2 unspecified atom stereocenters. The Morgan fingerprint density at radius 3 is 2.39 bits per heavy atom. The van der Waals surface area contributed by atoms with E-state index in [0.29, 0.717) is 19.6 Å². The summed E-state index contributed by atoms with van der Waals surface area (Å²) < 4.78 is 10.7. The fourth-order valence-corrected chi connectivity index (χ4v) is 1.98. The highest BCUT2D eigenvalue weighted by Gasteiger charge is 2.24. The molecule has 0 saturated carbocycles. The fourth-order valence-electron chi connectivity index (χ4n) is 1.98. The number of carbonyl (C=O) groups excluding carboxylic acids is 1. The van der Waals surface area contributed by atoms with Crippen LogP contribution in [0.4, 0.5) is 0 Å². The number of benzene rings is 1.